The maximum atomic E-state index is 12.4. The second kappa shape index (κ2) is 9.89. The average Bonchev–Trinajstić information content (AvgIpc) is 2.75. The van der Waals surface area contributed by atoms with Crippen LogP contribution in [-0.2, 0) is 9.59 Å². The van der Waals surface area contributed by atoms with E-state index in [1.807, 2.05) is 63.2 Å². The lowest BCUT2D eigenvalue weighted by molar-refractivity contribution is -0.119. The lowest BCUT2D eigenvalue weighted by Gasteiger charge is -2.13. The van der Waals surface area contributed by atoms with Gasteiger partial charge in [-0.05, 0) is 47.5 Å². The molecule has 0 aliphatic heterocycles. The standard InChI is InChI=1S/C25H27N3O3/c1-16(2)24(30)27-21-11-8-17(3)22(15-21)28-23(29)12-13-26-25(31)20-10-9-18-6-4-5-7-19(18)14-20/h4-11,14-16H,12-13H2,1-3H3,(H,26,31)(H,27,30)(H,28,29). The van der Waals surface area contributed by atoms with Crippen molar-refractivity contribution < 1.29 is 14.4 Å². The van der Waals surface area contributed by atoms with Crippen molar-refractivity contribution in [1.29, 1.82) is 0 Å². The third-order valence-electron chi connectivity index (χ3n) is 4.95. The normalized spacial score (nSPS) is 10.7. The zero-order valence-corrected chi connectivity index (χ0v) is 18.0. The van der Waals surface area contributed by atoms with Crippen molar-refractivity contribution in [3.8, 4) is 0 Å². The first-order chi connectivity index (χ1) is 14.8. The molecule has 6 nitrogen and oxygen atoms in total. The third kappa shape index (κ3) is 5.92. The van der Waals surface area contributed by atoms with Crippen LogP contribution in [0.1, 0.15) is 36.2 Å². The maximum absolute atomic E-state index is 12.4. The topological polar surface area (TPSA) is 87.3 Å². The molecule has 0 heterocycles. The van der Waals surface area contributed by atoms with Gasteiger partial charge in [-0.2, -0.15) is 0 Å². The molecular formula is C25H27N3O3. The molecule has 0 aliphatic carbocycles. The Labute approximate surface area is 182 Å². The minimum Gasteiger partial charge on any atom is -0.352 e. The van der Waals surface area contributed by atoms with Gasteiger partial charge in [0.05, 0.1) is 0 Å². The highest BCUT2D eigenvalue weighted by molar-refractivity contribution is 5.99. The van der Waals surface area contributed by atoms with E-state index >= 15 is 0 Å². The number of hydrogen-bond acceptors (Lipinski definition) is 3. The van der Waals surface area contributed by atoms with Gasteiger partial charge in [-0.15, -0.1) is 0 Å². The van der Waals surface area contributed by atoms with E-state index in [1.54, 1.807) is 18.2 Å². The molecule has 0 fully saturated rings. The van der Waals surface area contributed by atoms with Crippen molar-refractivity contribution in [3.05, 3.63) is 71.8 Å². The van der Waals surface area contributed by atoms with Crippen LogP contribution >= 0.6 is 0 Å². The molecule has 3 amide bonds. The Bertz CT molecular complexity index is 1120. The number of fused-ring (bicyclic) bond motifs is 1. The minimum absolute atomic E-state index is 0.0856. The fourth-order valence-corrected chi connectivity index (χ4v) is 3.06. The zero-order chi connectivity index (χ0) is 22.4. The van der Waals surface area contributed by atoms with E-state index < -0.39 is 0 Å². The van der Waals surface area contributed by atoms with Crippen LogP contribution in [0.15, 0.2) is 60.7 Å². The molecule has 6 heteroatoms. The highest BCUT2D eigenvalue weighted by atomic mass is 16.2. The van der Waals surface area contributed by atoms with Crippen molar-refractivity contribution in [3.63, 3.8) is 0 Å². The highest BCUT2D eigenvalue weighted by Gasteiger charge is 2.11. The van der Waals surface area contributed by atoms with Crippen LogP contribution in [0.2, 0.25) is 0 Å². The number of anilines is 2. The maximum Gasteiger partial charge on any atom is 0.251 e. The van der Waals surface area contributed by atoms with Crippen LogP contribution < -0.4 is 16.0 Å². The molecule has 3 aromatic rings. The van der Waals surface area contributed by atoms with Crippen molar-refractivity contribution in [2.24, 2.45) is 5.92 Å². The Balaban J connectivity index is 1.53. The summed E-state index contributed by atoms with van der Waals surface area (Å²) in [6.07, 6.45) is 0.140. The van der Waals surface area contributed by atoms with Gasteiger partial charge in [0, 0.05) is 35.8 Å². The number of hydrogen-bond donors (Lipinski definition) is 3. The fraction of sp³-hybridized carbons (Fsp3) is 0.240. The fourth-order valence-electron chi connectivity index (χ4n) is 3.06. The summed E-state index contributed by atoms with van der Waals surface area (Å²) in [6, 6.07) is 18.7. The lowest BCUT2D eigenvalue weighted by Crippen LogP contribution is -2.27. The molecule has 0 saturated carbocycles. The molecule has 3 rings (SSSR count). The molecule has 31 heavy (non-hydrogen) atoms. The quantitative estimate of drug-likeness (QED) is 0.529. The number of carbonyl (C=O) groups excluding carboxylic acids is 3. The van der Waals surface area contributed by atoms with Gasteiger partial charge in [0.25, 0.3) is 5.91 Å². The molecular weight excluding hydrogens is 390 g/mol. The first-order valence-electron chi connectivity index (χ1n) is 10.3. The molecule has 3 aromatic carbocycles. The average molecular weight is 418 g/mol. The molecule has 0 aliphatic rings. The minimum atomic E-state index is -0.215. The van der Waals surface area contributed by atoms with Gasteiger partial charge in [0.15, 0.2) is 0 Å². The van der Waals surface area contributed by atoms with E-state index in [0.29, 0.717) is 16.9 Å². The van der Waals surface area contributed by atoms with Gasteiger partial charge in [0.2, 0.25) is 11.8 Å². The molecule has 0 saturated heterocycles. The number of benzene rings is 3. The highest BCUT2D eigenvalue weighted by Crippen LogP contribution is 2.21. The number of aryl methyl sites for hydroxylation is 1. The van der Waals surface area contributed by atoms with Crippen molar-refractivity contribution in [1.82, 2.24) is 5.32 Å². The summed E-state index contributed by atoms with van der Waals surface area (Å²) in [5, 5.41) is 10.5. The van der Waals surface area contributed by atoms with Crippen LogP contribution in [0.4, 0.5) is 11.4 Å². The van der Waals surface area contributed by atoms with E-state index in [9.17, 15) is 14.4 Å². The van der Waals surface area contributed by atoms with E-state index in [0.717, 1.165) is 16.3 Å². The summed E-state index contributed by atoms with van der Waals surface area (Å²) in [5.74, 6) is -0.648. The van der Waals surface area contributed by atoms with Crippen LogP contribution in [0.5, 0.6) is 0 Å². The van der Waals surface area contributed by atoms with Gasteiger partial charge in [0.1, 0.15) is 0 Å². The van der Waals surface area contributed by atoms with Gasteiger partial charge >= 0.3 is 0 Å². The first-order valence-corrected chi connectivity index (χ1v) is 10.3. The molecule has 160 valence electrons. The molecule has 0 radical (unpaired) electrons. The largest absolute Gasteiger partial charge is 0.352 e. The van der Waals surface area contributed by atoms with E-state index in [2.05, 4.69) is 16.0 Å². The second-order valence-electron chi connectivity index (χ2n) is 7.79. The summed E-state index contributed by atoms with van der Waals surface area (Å²) in [5.41, 5.74) is 2.70. The summed E-state index contributed by atoms with van der Waals surface area (Å²) in [7, 11) is 0. The van der Waals surface area contributed by atoms with Gasteiger partial charge in [-0.25, -0.2) is 0 Å². The monoisotopic (exact) mass is 417 g/mol. The van der Waals surface area contributed by atoms with Crippen LogP contribution in [-0.4, -0.2) is 24.3 Å². The zero-order valence-electron chi connectivity index (χ0n) is 18.0. The smallest absolute Gasteiger partial charge is 0.251 e. The SMILES string of the molecule is Cc1ccc(NC(=O)C(C)C)cc1NC(=O)CCNC(=O)c1ccc2ccccc2c1. The van der Waals surface area contributed by atoms with Crippen molar-refractivity contribution in [2.75, 3.05) is 17.2 Å². The first kappa shape index (κ1) is 22.0. The Kier molecular flexibility index (Phi) is 7.03. The van der Waals surface area contributed by atoms with E-state index in [4.69, 9.17) is 0 Å². The number of rotatable bonds is 7. The predicted molar refractivity (Wildman–Crippen MR) is 124 cm³/mol. The van der Waals surface area contributed by atoms with Crippen LogP contribution in [0.3, 0.4) is 0 Å². The summed E-state index contributed by atoms with van der Waals surface area (Å²) < 4.78 is 0. The van der Waals surface area contributed by atoms with E-state index in [-0.39, 0.29) is 36.6 Å². The van der Waals surface area contributed by atoms with Crippen LogP contribution in [0, 0.1) is 12.8 Å². The Morgan fingerprint density at radius 2 is 1.61 bits per heavy atom. The van der Waals surface area contributed by atoms with Crippen molar-refractivity contribution >= 4 is 39.9 Å². The third-order valence-corrected chi connectivity index (χ3v) is 4.95. The summed E-state index contributed by atoms with van der Waals surface area (Å²) >= 11 is 0. The predicted octanol–water partition coefficient (Wildman–Crippen LogP) is 4.50. The van der Waals surface area contributed by atoms with Gasteiger partial charge in [-0.3, -0.25) is 14.4 Å². The van der Waals surface area contributed by atoms with Crippen LogP contribution in [0.25, 0.3) is 10.8 Å². The molecule has 3 N–H and O–H groups in total. The molecule has 0 aromatic heterocycles. The van der Waals surface area contributed by atoms with Gasteiger partial charge < -0.3 is 16.0 Å². The van der Waals surface area contributed by atoms with Gasteiger partial charge in [-0.1, -0.05) is 50.2 Å². The lowest BCUT2D eigenvalue weighted by atomic mass is 10.1. The Hall–Kier alpha value is -3.67. The molecule has 0 atom stereocenters. The van der Waals surface area contributed by atoms with Crippen molar-refractivity contribution in [2.45, 2.75) is 27.2 Å². The molecule has 0 bridgehead atoms. The number of nitrogens with one attached hydrogen (secondary N) is 3. The second-order valence-corrected chi connectivity index (χ2v) is 7.79. The van der Waals surface area contributed by atoms with E-state index in [1.165, 1.54) is 0 Å². The Morgan fingerprint density at radius 1 is 0.871 bits per heavy atom. The molecule has 0 unspecified atom stereocenters. The number of carbonyl (C=O) groups is 3. The molecule has 0 spiro atoms. The number of amides is 3. The summed E-state index contributed by atoms with van der Waals surface area (Å²) in [6.45, 7) is 5.74. The Morgan fingerprint density at radius 3 is 2.35 bits per heavy atom. The summed E-state index contributed by atoms with van der Waals surface area (Å²) in [4.78, 5) is 36.6.